The molecule has 0 bridgehead atoms. The van der Waals surface area contributed by atoms with Crippen LogP contribution in [0.25, 0.3) is 76.8 Å². The first-order chi connectivity index (χ1) is 22.5. The summed E-state index contributed by atoms with van der Waals surface area (Å²) in [6.07, 6.45) is 0. The van der Waals surface area contributed by atoms with Crippen LogP contribution in [0.4, 0.5) is 0 Å². The highest BCUT2D eigenvalue weighted by atomic mass is 14.3. The van der Waals surface area contributed by atoms with Crippen molar-refractivity contribution in [2.45, 2.75) is 13.8 Å². The normalized spacial score (nSPS) is 11.2. The average molecular weight is 585 g/mol. The second-order valence-corrected chi connectivity index (χ2v) is 12.1. The van der Waals surface area contributed by atoms with Crippen LogP contribution in [0.1, 0.15) is 22.3 Å². The highest BCUT2D eigenvalue weighted by Crippen LogP contribution is 2.48. The molecule has 0 aliphatic rings. The zero-order chi connectivity index (χ0) is 31.4. The maximum absolute atomic E-state index is 9.49. The molecule has 8 aromatic rings. The molecule has 0 saturated heterocycles. The van der Waals surface area contributed by atoms with Crippen molar-refractivity contribution in [1.82, 2.24) is 0 Å². The summed E-state index contributed by atoms with van der Waals surface area (Å²) in [5, 5.41) is 26.2. The fourth-order valence-corrected chi connectivity index (χ4v) is 6.86. The van der Waals surface area contributed by atoms with Crippen molar-refractivity contribution in [2.75, 3.05) is 0 Å². The Hall–Kier alpha value is -6.22. The summed E-state index contributed by atoms with van der Waals surface area (Å²) in [6.45, 7) is 4.24. The molecule has 2 heteroatoms. The smallest absolute Gasteiger partial charge is 0.0991 e. The van der Waals surface area contributed by atoms with Crippen LogP contribution in [0, 0.1) is 36.5 Å². The first-order valence-electron chi connectivity index (χ1n) is 15.5. The Balaban J connectivity index is 1.54. The van der Waals surface area contributed by atoms with E-state index in [0.717, 1.165) is 22.3 Å². The minimum atomic E-state index is 0.648. The third kappa shape index (κ3) is 4.40. The SMILES string of the molecule is Cc1ccc(-c2cc(-c3ccc(C#N)cc3)c3ccc4c(-c5ccc(C)cc5)cc(-c5ccc(C#N)cc5)c5ccc2c3c45)cc1. The van der Waals surface area contributed by atoms with E-state index in [9.17, 15) is 10.5 Å². The van der Waals surface area contributed by atoms with Crippen molar-refractivity contribution in [3.05, 3.63) is 156 Å². The quantitative estimate of drug-likeness (QED) is 0.193. The number of hydrogen-bond acceptors (Lipinski definition) is 2. The Labute approximate surface area is 268 Å². The molecule has 0 heterocycles. The molecule has 0 N–H and O–H groups in total. The van der Waals surface area contributed by atoms with Gasteiger partial charge in [0.2, 0.25) is 0 Å². The molecule has 214 valence electrons. The van der Waals surface area contributed by atoms with Gasteiger partial charge in [-0.05, 0) is 127 Å². The number of hydrogen-bond donors (Lipinski definition) is 0. The van der Waals surface area contributed by atoms with E-state index in [-0.39, 0.29) is 0 Å². The number of aryl methyl sites for hydroxylation is 2. The molecular formula is C44H28N2. The second-order valence-electron chi connectivity index (χ2n) is 12.1. The minimum Gasteiger partial charge on any atom is -0.192 e. The summed E-state index contributed by atoms with van der Waals surface area (Å²) in [6, 6.07) is 51.6. The van der Waals surface area contributed by atoms with Crippen LogP contribution < -0.4 is 0 Å². The standard InChI is InChI=1S/C44H28N2/c1-27-3-11-31(12-4-27)39-23-41(33-15-7-29(25-45)8-16-33)37-22-20-36-40(32-13-5-28(2)6-14-32)24-42(34-17-9-30(26-46)10-18-34)38-21-19-35(39)43(37)44(36)38/h3-24H,1-2H3. The molecular weight excluding hydrogens is 556 g/mol. The Morgan fingerprint density at radius 1 is 0.348 bits per heavy atom. The molecule has 0 radical (unpaired) electrons. The molecule has 2 nitrogen and oxygen atoms in total. The first kappa shape index (κ1) is 27.3. The largest absolute Gasteiger partial charge is 0.192 e. The molecule has 0 atom stereocenters. The van der Waals surface area contributed by atoms with E-state index < -0.39 is 0 Å². The molecule has 0 fully saturated rings. The van der Waals surface area contributed by atoms with Crippen LogP contribution >= 0.6 is 0 Å². The lowest BCUT2D eigenvalue weighted by atomic mass is 9.82. The molecule has 8 rings (SSSR count). The van der Waals surface area contributed by atoms with Gasteiger partial charge in [0.05, 0.1) is 23.3 Å². The molecule has 8 aromatic carbocycles. The van der Waals surface area contributed by atoms with Crippen LogP contribution in [0.3, 0.4) is 0 Å². The van der Waals surface area contributed by atoms with Gasteiger partial charge in [-0.3, -0.25) is 0 Å². The Morgan fingerprint density at radius 3 is 0.870 bits per heavy atom. The zero-order valence-electron chi connectivity index (χ0n) is 25.6. The van der Waals surface area contributed by atoms with Crippen LogP contribution in [0.15, 0.2) is 133 Å². The van der Waals surface area contributed by atoms with Crippen LogP contribution in [-0.4, -0.2) is 0 Å². The number of rotatable bonds is 4. The summed E-state index contributed by atoms with van der Waals surface area (Å²) in [7, 11) is 0. The highest BCUT2D eigenvalue weighted by Gasteiger charge is 2.21. The fraction of sp³-hybridized carbons (Fsp3) is 0.0455. The predicted molar refractivity (Wildman–Crippen MR) is 191 cm³/mol. The molecule has 46 heavy (non-hydrogen) atoms. The Bertz CT molecular complexity index is 2330. The van der Waals surface area contributed by atoms with E-state index in [1.54, 1.807) is 0 Å². The van der Waals surface area contributed by atoms with Gasteiger partial charge in [-0.1, -0.05) is 108 Å². The summed E-state index contributed by atoms with van der Waals surface area (Å²) in [5.41, 5.74) is 12.9. The molecule has 0 saturated carbocycles. The summed E-state index contributed by atoms with van der Waals surface area (Å²) < 4.78 is 0. The molecule has 0 aromatic heterocycles. The van der Waals surface area contributed by atoms with Gasteiger partial charge in [0.15, 0.2) is 0 Å². The lowest BCUT2D eigenvalue weighted by Gasteiger charge is -2.21. The molecule has 0 aliphatic heterocycles. The number of nitrogens with zero attached hydrogens (tertiary/aromatic N) is 2. The summed E-state index contributed by atoms with van der Waals surface area (Å²) in [5.74, 6) is 0. The van der Waals surface area contributed by atoms with Gasteiger partial charge in [-0.2, -0.15) is 10.5 Å². The highest BCUT2D eigenvalue weighted by molar-refractivity contribution is 6.31. The number of nitriles is 2. The number of benzene rings is 8. The lowest BCUT2D eigenvalue weighted by molar-refractivity contribution is 1.47. The van der Waals surface area contributed by atoms with Gasteiger partial charge in [-0.15, -0.1) is 0 Å². The fourth-order valence-electron chi connectivity index (χ4n) is 6.86. The monoisotopic (exact) mass is 584 g/mol. The van der Waals surface area contributed by atoms with Crippen LogP contribution in [0.2, 0.25) is 0 Å². The minimum absolute atomic E-state index is 0.648. The maximum atomic E-state index is 9.49. The van der Waals surface area contributed by atoms with Crippen molar-refractivity contribution in [2.24, 2.45) is 0 Å². The van der Waals surface area contributed by atoms with Crippen molar-refractivity contribution in [3.63, 3.8) is 0 Å². The molecule has 0 unspecified atom stereocenters. The second kappa shape index (κ2) is 10.7. The van der Waals surface area contributed by atoms with E-state index in [0.29, 0.717) is 11.1 Å². The van der Waals surface area contributed by atoms with Gasteiger partial charge >= 0.3 is 0 Å². The maximum Gasteiger partial charge on any atom is 0.0991 e. The molecule has 0 aliphatic carbocycles. The van der Waals surface area contributed by atoms with Crippen molar-refractivity contribution >= 4 is 32.3 Å². The van der Waals surface area contributed by atoms with Gasteiger partial charge in [0, 0.05) is 0 Å². The lowest BCUT2D eigenvalue weighted by Crippen LogP contribution is -1.94. The topological polar surface area (TPSA) is 47.6 Å². The molecule has 0 spiro atoms. The van der Waals surface area contributed by atoms with Gasteiger partial charge in [-0.25, -0.2) is 0 Å². The van der Waals surface area contributed by atoms with Crippen LogP contribution in [-0.2, 0) is 0 Å². The van der Waals surface area contributed by atoms with E-state index in [4.69, 9.17) is 0 Å². The zero-order valence-corrected chi connectivity index (χ0v) is 25.6. The molecule has 0 amide bonds. The summed E-state index contributed by atoms with van der Waals surface area (Å²) >= 11 is 0. The van der Waals surface area contributed by atoms with E-state index in [2.05, 4.69) is 135 Å². The van der Waals surface area contributed by atoms with Crippen molar-refractivity contribution in [3.8, 4) is 56.6 Å². The first-order valence-corrected chi connectivity index (χ1v) is 15.5. The summed E-state index contributed by atoms with van der Waals surface area (Å²) in [4.78, 5) is 0. The third-order valence-corrected chi connectivity index (χ3v) is 9.27. The Kier molecular flexibility index (Phi) is 6.38. The van der Waals surface area contributed by atoms with Crippen molar-refractivity contribution in [1.29, 1.82) is 10.5 Å². The van der Waals surface area contributed by atoms with E-state index in [1.807, 2.05) is 24.3 Å². The predicted octanol–water partition coefficient (Wildman–Crippen LogP) is 11.6. The average Bonchev–Trinajstić information content (AvgIpc) is 3.11. The van der Waals surface area contributed by atoms with Gasteiger partial charge in [0.25, 0.3) is 0 Å². The third-order valence-electron chi connectivity index (χ3n) is 9.27. The van der Waals surface area contributed by atoms with Crippen LogP contribution in [0.5, 0.6) is 0 Å². The van der Waals surface area contributed by atoms with E-state index in [1.165, 1.54) is 65.7 Å². The van der Waals surface area contributed by atoms with Gasteiger partial charge in [0.1, 0.15) is 0 Å². The Morgan fingerprint density at radius 2 is 0.609 bits per heavy atom. The van der Waals surface area contributed by atoms with E-state index >= 15 is 0 Å². The van der Waals surface area contributed by atoms with Gasteiger partial charge < -0.3 is 0 Å². The van der Waals surface area contributed by atoms with Crippen molar-refractivity contribution < 1.29 is 0 Å².